The molecule has 1 aromatic heterocycles. The maximum atomic E-state index is 6.05. The lowest BCUT2D eigenvalue weighted by atomic mass is 10.1. The van der Waals surface area contributed by atoms with E-state index in [1.165, 1.54) is 0 Å². The molecule has 0 spiro atoms. The van der Waals surface area contributed by atoms with Gasteiger partial charge in [0.25, 0.3) is 0 Å². The number of halogens is 2. The third-order valence-corrected chi connectivity index (χ3v) is 4.51. The second-order valence-corrected chi connectivity index (χ2v) is 6.19. The molecule has 0 saturated carbocycles. The van der Waals surface area contributed by atoms with Gasteiger partial charge in [0.1, 0.15) is 5.84 Å². The highest BCUT2D eigenvalue weighted by atomic mass is 35.5. The predicted octanol–water partition coefficient (Wildman–Crippen LogP) is 3.80. The predicted molar refractivity (Wildman–Crippen MR) is 96.7 cm³/mol. The largest absolute Gasteiger partial charge is 0.368 e. The van der Waals surface area contributed by atoms with Crippen LogP contribution in [-0.2, 0) is 0 Å². The maximum absolute atomic E-state index is 6.05. The molecular weight excluding hydrogens is 345 g/mol. The fraction of sp³-hybridized carbons (Fsp3) is 0.118. The van der Waals surface area contributed by atoms with Gasteiger partial charge in [-0.25, -0.2) is 4.98 Å². The molecule has 0 aliphatic carbocycles. The van der Waals surface area contributed by atoms with E-state index in [4.69, 9.17) is 23.2 Å². The fourth-order valence-corrected chi connectivity index (χ4v) is 2.83. The van der Waals surface area contributed by atoms with Crippen molar-refractivity contribution in [3.05, 3.63) is 58.1 Å². The van der Waals surface area contributed by atoms with E-state index in [0.29, 0.717) is 21.7 Å². The number of nitrogens with zero attached hydrogens (tertiary/aromatic N) is 3. The van der Waals surface area contributed by atoms with E-state index >= 15 is 0 Å². The number of aliphatic imine (C=N–C) groups is 1. The molecule has 1 aliphatic heterocycles. The van der Waals surface area contributed by atoms with Crippen molar-refractivity contribution >= 4 is 29.0 Å². The maximum Gasteiger partial charge on any atom is 0.181 e. The normalized spacial score (nSPS) is 13.7. The van der Waals surface area contributed by atoms with E-state index < -0.39 is 0 Å². The topological polar surface area (TPSA) is 66.0 Å². The average Bonchev–Trinajstić information content (AvgIpc) is 3.29. The first-order chi connectivity index (χ1) is 11.7. The van der Waals surface area contributed by atoms with Gasteiger partial charge in [0.15, 0.2) is 11.6 Å². The van der Waals surface area contributed by atoms with Gasteiger partial charge in [0.05, 0.1) is 16.6 Å². The third kappa shape index (κ3) is 2.88. The van der Waals surface area contributed by atoms with Gasteiger partial charge in [0.2, 0.25) is 0 Å². The van der Waals surface area contributed by atoms with Gasteiger partial charge >= 0.3 is 0 Å². The second-order valence-electron chi connectivity index (χ2n) is 5.37. The summed E-state index contributed by atoms with van der Waals surface area (Å²) in [4.78, 5) is 8.95. The van der Waals surface area contributed by atoms with Gasteiger partial charge in [-0.2, -0.15) is 5.10 Å². The van der Waals surface area contributed by atoms with Gasteiger partial charge in [-0.15, -0.1) is 0 Å². The third-order valence-electron chi connectivity index (χ3n) is 3.77. The first-order valence-corrected chi connectivity index (χ1v) is 8.23. The Balaban J connectivity index is 1.61. The summed E-state index contributed by atoms with van der Waals surface area (Å²) >= 11 is 12.0. The summed E-state index contributed by atoms with van der Waals surface area (Å²) < 4.78 is 0. The second kappa shape index (κ2) is 6.26. The minimum Gasteiger partial charge on any atom is -0.368 e. The van der Waals surface area contributed by atoms with Crippen LogP contribution in [0.2, 0.25) is 10.0 Å². The van der Waals surface area contributed by atoms with Crippen molar-refractivity contribution in [1.29, 1.82) is 0 Å². The summed E-state index contributed by atoms with van der Waals surface area (Å²) in [7, 11) is 0. The molecule has 7 heteroatoms. The molecular formula is C17H13Cl2N5. The van der Waals surface area contributed by atoms with E-state index in [0.717, 1.165) is 35.6 Å². The van der Waals surface area contributed by atoms with Crippen LogP contribution in [-0.4, -0.2) is 34.1 Å². The van der Waals surface area contributed by atoms with Gasteiger partial charge in [-0.1, -0.05) is 47.5 Å². The Bertz CT molecular complexity index is 915. The minimum absolute atomic E-state index is 0.481. The van der Waals surface area contributed by atoms with E-state index in [2.05, 4.69) is 25.5 Å². The van der Waals surface area contributed by atoms with E-state index in [9.17, 15) is 0 Å². The lowest BCUT2D eigenvalue weighted by Gasteiger charge is -2.03. The molecule has 0 unspecified atom stereocenters. The molecule has 2 N–H and O–H groups in total. The van der Waals surface area contributed by atoms with Crippen molar-refractivity contribution in [1.82, 2.24) is 20.5 Å². The van der Waals surface area contributed by atoms with Crippen molar-refractivity contribution < 1.29 is 0 Å². The first kappa shape index (κ1) is 15.2. The quantitative estimate of drug-likeness (QED) is 0.749. The van der Waals surface area contributed by atoms with Crippen LogP contribution in [0.15, 0.2) is 47.5 Å². The van der Waals surface area contributed by atoms with Crippen LogP contribution < -0.4 is 5.32 Å². The summed E-state index contributed by atoms with van der Waals surface area (Å²) in [5, 5.41) is 11.5. The molecule has 2 aromatic carbocycles. The molecule has 4 rings (SSSR count). The number of rotatable bonds is 3. The number of aromatic amines is 1. The molecule has 0 atom stereocenters. The molecule has 5 nitrogen and oxygen atoms in total. The molecule has 1 aliphatic rings. The van der Waals surface area contributed by atoms with Gasteiger partial charge in [-0.05, 0) is 18.2 Å². The summed E-state index contributed by atoms with van der Waals surface area (Å²) in [6.45, 7) is 1.72. The lowest BCUT2D eigenvalue weighted by molar-refractivity contribution is 0.960. The molecule has 0 saturated heterocycles. The fourth-order valence-electron chi connectivity index (χ4n) is 2.53. The summed E-state index contributed by atoms with van der Waals surface area (Å²) in [6.07, 6.45) is 0. The number of hydrogen-bond acceptors (Lipinski definition) is 4. The lowest BCUT2D eigenvalue weighted by Crippen LogP contribution is -2.19. The van der Waals surface area contributed by atoms with Crippen molar-refractivity contribution in [3.63, 3.8) is 0 Å². The Labute approximate surface area is 148 Å². The van der Waals surface area contributed by atoms with Crippen LogP contribution in [0.5, 0.6) is 0 Å². The Morgan fingerprint density at radius 2 is 1.62 bits per heavy atom. The summed E-state index contributed by atoms with van der Waals surface area (Å²) in [5.74, 6) is 2.22. The summed E-state index contributed by atoms with van der Waals surface area (Å²) in [5.41, 5.74) is 2.84. The molecule has 0 radical (unpaired) electrons. The Morgan fingerprint density at radius 3 is 2.33 bits per heavy atom. The van der Waals surface area contributed by atoms with Crippen LogP contribution >= 0.6 is 23.2 Å². The van der Waals surface area contributed by atoms with Crippen LogP contribution in [0, 0.1) is 0 Å². The highest BCUT2D eigenvalue weighted by Crippen LogP contribution is 2.27. The van der Waals surface area contributed by atoms with Crippen LogP contribution in [0.4, 0.5) is 0 Å². The van der Waals surface area contributed by atoms with E-state index in [1.54, 1.807) is 12.1 Å². The Hall–Kier alpha value is -2.37. The Morgan fingerprint density at radius 1 is 0.875 bits per heavy atom. The number of H-pyrrole nitrogens is 1. The molecule has 24 heavy (non-hydrogen) atoms. The van der Waals surface area contributed by atoms with Crippen LogP contribution in [0.1, 0.15) is 5.56 Å². The van der Waals surface area contributed by atoms with Crippen molar-refractivity contribution in [2.24, 2.45) is 4.99 Å². The number of aromatic nitrogens is 3. The molecule has 0 fully saturated rings. The number of amidine groups is 1. The van der Waals surface area contributed by atoms with Crippen molar-refractivity contribution in [3.8, 4) is 22.8 Å². The van der Waals surface area contributed by atoms with E-state index in [1.807, 2.05) is 30.3 Å². The zero-order chi connectivity index (χ0) is 16.5. The monoisotopic (exact) mass is 357 g/mol. The molecule has 0 amide bonds. The summed E-state index contributed by atoms with van der Waals surface area (Å²) in [6, 6.07) is 13.4. The zero-order valence-corrected chi connectivity index (χ0v) is 14.1. The number of benzene rings is 2. The minimum atomic E-state index is 0.481. The molecule has 120 valence electrons. The van der Waals surface area contributed by atoms with Crippen molar-refractivity contribution in [2.45, 2.75) is 0 Å². The van der Waals surface area contributed by atoms with Crippen LogP contribution in [0.25, 0.3) is 22.8 Å². The Kier molecular flexibility index (Phi) is 3.96. The number of nitrogens with one attached hydrogen (secondary N) is 2. The van der Waals surface area contributed by atoms with Crippen molar-refractivity contribution in [2.75, 3.05) is 13.1 Å². The van der Waals surface area contributed by atoms with Crippen LogP contribution in [0.3, 0.4) is 0 Å². The number of hydrogen-bond donors (Lipinski definition) is 2. The standard InChI is InChI=1S/C17H13Cl2N5/c18-13-6-5-12(9-14(13)19)17-22-16(23-24-17)11-3-1-10(2-4-11)15-20-7-8-21-15/h1-6,9H,7-8H2,(H,20,21)(H,22,23,24). The smallest absolute Gasteiger partial charge is 0.181 e. The highest BCUT2D eigenvalue weighted by Gasteiger charge is 2.11. The molecule has 3 aromatic rings. The SMILES string of the molecule is Clc1ccc(-c2n[nH]c(-c3ccc(C4=NCCN4)cc3)n2)cc1Cl. The van der Waals surface area contributed by atoms with Gasteiger partial charge < -0.3 is 5.32 Å². The van der Waals surface area contributed by atoms with Gasteiger partial charge in [0, 0.05) is 23.2 Å². The zero-order valence-electron chi connectivity index (χ0n) is 12.6. The first-order valence-electron chi connectivity index (χ1n) is 7.48. The molecule has 0 bridgehead atoms. The van der Waals surface area contributed by atoms with E-state index in [-0.39, 0.29) is 0 Å². The highest BCUT2D eigenvalue weighted by molar-refractivity contribution is 6.42. The van der Waals surface area contributed by atoms with Gasteiger partial charge in [-0.3, -0.25) is 10.1 Å². The molecule has 2 heterocycles. The average molecular weight is 358 g/mol.